The van der Waals surface area contributed by atoms with Crippen LogP contribution in [0.4, 0.5) is 0 Å². The molecule has 1 aliphatic rings. The number of halogens is 1. The molecule has 0 radical (unpaired) electrons. The lowest BCUT2D eigenvalue weighted by molar-refractivity contribution is 0.140. The van der Waals surface area contributed by atoms with Crippen LogP contribution in [0.1, 0.15) is 40.5 Å². The van der Waals surface area contributed by atoms with Crippen LogP contribution in [0.2, 0.25) is 0 Å². The van der Waals surface area contributed by atoms with Gasteiger partial charge >= 0.3 is 0 Å². The van der Waals surface area contributed by atoms with Crippen LogP contribution in [0, 0.1) is 11.8 Å². The zero-order chi connectivity index (χ0) is 14.3. The van der Waals surface area contributed by atoms with Gasteiger partial charge < -0.3 is 15.5 Å². The monoisotopic (exact) mass is 396 g/mol. The SMILES string of the molecule is CN=C(NCCCN1CC(C)CC(C)C1)NC(C)C.I. The van der Waals surface area contributed by atoms with E-state index in [-0.39, 0.29) is 24.0 Å². The third-order valence-electron chi connectivity index (χ3n) is 3.54. The fourth-order valence-corrected chi connectivity index (χ4v) is 2.95. The lowest BCUT2D eigenvalue weighted by Gasteiger charge is -2.35. The topological polar surface area (TPSA) is 39.7 Å². The molecule has 2 unspecified atom stereocenters. The van der Waals surface area contributed by atoms with E-state index < -0.39 is 0 Å². The molecule has 0 aliphatic carbocycles. The molecule has 2 N–H and O–H groups in total. The maximum atomic E-state index is 4.22. The highest BCUT2D eigenvalue weighted by Gasteiger charge is 2.20. The molecule has 1 heterocycles. The molecule has 0 amide bonds. The maximum Gasteiger partial charge on any atom is 0.191 e. The molecule has 1 fully saturated rings. The minimum atomic E-state index is 0. The number of rotatable bonds is 5. The van der Waals surface area contributed by atoms with E-state index in [1.165, 1.54) is 32.5 Å². The molecule has 1 rings (SSSR count). The summed E-state index contributed by atoms with van der Waals surface area (Å²) >= 11 is 0. The van der Waals surface area contributed by atoms with Crippen molar-refractivity contribution in [3.63, 3.8) is 0 Å². The van der Waals surface area contributed by atoms with Crippen LogP contribution >= 0.6 is 24.0 Å². The second kappa shape index (κ2) is 10.7. The first-order valence-corrected chi connectivity index (χ1v) is 7.70. The van der Waals surface area contributed by atoms with Crippen molar-refractivity contribution in [2.75, 3.05) is 33.2 Å². The molecule has 0 bridgehead atoms. The van der Waals surface area contributed by atoms with Crippen LogP contribution < -0.4 is 10.6 Å². The first-order valence-electron chi connectivity index (χ1n) is 7.70. The van der Waals surface area contributed by atoms with Gasteiger partial charge in [-0.2, -0.15) is 0 Å². The zero-order valence-electron chi connectivity index (χ0n) is 13.8. The smallest absolute Gasteiger partial charge is 0.191 e. The Morgan fingerprint density at radius 1 is 1.25 bits per heavy atom. The summed E-state index contributed by atoms with van der Waals surface area (Å²) in [7, 11) is 1.83. The molecule has 1 saturated heterocycles. The Labute approximate surface area is 142 Å². The second-order valence-corrected chi connectivity index (χ2v) is 6.36. The first kappa shape index (κ1) is 20.0. The third-order valence-corrected chi connectivity index (χ3v) is 3.54. The predicted octanol–water partition coefficient (Wildman–Crippen LogP) is 2.55. The molecule has 1 aliphatic heterocycles. The standard InChI is InChI=1S/C15H32N4.HI/c1-12(2)18-15(16-5)17-7-6-8-19-10-13(3)9-14(4)11-19;/h12-14H,6-11H2,1-5H3,(H2,16,17,18);1H. The predicted molar refractivity (Wildman–Crippen MR) is 99.1 cm³/mol. The van der Waals surface area contributed by atoms with Crippen LogP contribution in [-0.2, 0) is 0 Å². The Kier molecular flexibility index (Phi) is 10.6. The molecule has 2 atom stereocenters. The summed E-state index contributed by atoms with van der Waals surface area (Å²) in [6, 6.07) is 0.426. The van der Waals surface area contributed by atoms with Gasteiger partial charge in [0.1, 0.15) is 0 Å². The average Bonchev–Trinajstić information content (AvgIpc) is 2.31. The van der Waals surface area contributed by atoms with Crippen molar-refractivity contribution < 1.29 is 0 Å². The zero-order valence-corrected chi connectivity index (χ0v) is 16.1. The van der Waals surface area contributed by atoms with Gasteiger partial charge in [-0.25, -0.2) is 0 Å². The van der Waals surface area contributed by atoms with E-state index in [9.17, 15) is 0 Å². The summed E-state index contributed by atoms with van der Waals surface area (Å²) < 4.78 is 0. The van der Waals surface area contributed by atoms with E-state index in [0.29, 0.717) is 6.04 Å². The third kappa shape index (κ3) is 8.29. The minimum Gasteiger partial charge on any atom is -0.356 e. The summed E-state index contributed by atoms with van der Waals surface area (Å²) in [6.07, 6.45) is 2.57. The first-order chi connectivity index (χ1) is 9.01. The lowest BCUT2D eigenvalue weighted by Crippen LogP contribution is -2.43. The molecule has 0 aromatic carbocycles. The molecule has 20 heavy (non-hydrogen) atoms. The number of hydrogen-bond donors (Lipinski definition) is 2. The highest BCUT2D eigenvalue weighted by molar-refractivity contribution is 14.0. The Morgan fingerprint density at radius 2 is 1.85 bits per heavy atom. The van der Waals surface area contributed by atoms with Crippen LogP contribution in [0.5, 0.6) is 0 Å². The van der Waals surface area contributed by atoms with Crippen molar-refractivity contribution >= 4 is 29.9 Å². The largest absolute Gasteiger partial charge is 0.356 e. The Bertz CT molecular complexity index is 271. The van der Waals surface area contributed by atoms with Crippen molar-refractivity contribution in [3.8, 4) is 0 Å². The van der Waals surface area contributed by atoms with Gasteiger partial charge in [-0.15, -0.1) is 24.0 Å². The lowest BCUT2D eigenvalue weighted by atomic mass is 9.92. The van der Waals surface area contributed by atoms with Crippen molar-refractivity contribution in [2.45, 2.75) is 46.6 Å². The van der Waals surface area contributed by atoms with Crippen LogP contribution in [0.25, 0.3) is 0 Å². The van der Waals surface area contributed by atoms with Gasteiger partial charge in [0.25, 0.3) is 0 Å². The fourth-order valence-electron chi connectivity index (χ4n) is 2.95. The molecule has 0 aromatic rings. The summed E-state index contributed by atoms with van der Waals surface area (Å²) in [6.45, 7) is 13.7. The van der Waals surface area contributed by atoms with E-state index in [1.54, 1.807) is 0 Å². The molecule has 0 saturated carbocycles. The summed E-state index contributed by atoms with van der Waals surface area (Å²) in [5.41, 5.74) is 0. The van der Waals surface area contributed by atoms with Crippen LogP contribution in [-0.4, -0.2) is 50.1 Å². The number of likely N-dealkylation sites (tertiary alicyclic amines) is 1. The number of guanidine groups is 1. The highest BCUT2D eigenvalue weighted by Crippen LogP contribution is 2.20. The van der Waals surface area contributed by atoms with E-state index in [2.05, 4.69) is 48.2 Å². The summed E-state index contributed by atoms with van der Waals surface area (Å²) in [5, 5.41) is 6.68. The Balaban J connectivity index is 0.00000361. The number of piperidine rings is 1. The van der Waals surface area contributed by atoms with Gasteiger partial charge in [0.15, 0.2) is 5.96 Å². The van der Waals surface area contributed by atoms with E-state index in [4.69, 9.17) is 0 Å². The average molecular weight is 396 g/mol. The normalized spacial score (nSPS) is 24.4. The quantitative estimate of drug-likeness (QED) is 0.325. The summed E-state index contributed by atoms with van der Waals surface area (Å²) in [5.74, 6) is 2.62. The number of nitrogens with zero attached hydrogens (tertiary/aromatic N) is 2. The van der Waals surface area contributed by atoms with Crippen molar-refractivity contribution in [2.24, 2.45) is 16.8 Å². The number of nitrogens with one attached hydrogen (secondary N) is 2. The van der Waals surface area contributed by atoms with Crippen molar-refractivity contribution in [1.82, 2.24) is 15.5 Å². The van der Waals surface area contributed by atoms with Gasteiger partial charge in [0, 0.05) is 32.7 Å². The van der Waals surface area contributed by atoms with Gasteiger partial charge in [-0.05, 0) is 45.1 Å². The Morgan fingerprint density at radius 3 is 2.35 bits per heavy atom. The number of aliphatic imine (C=N–C) groups is 1. The van der Waals surface area contributed by atoms with Gasteiger partial charge in [-0.1, -0.05) is 13.8 Å². The van der Waals surface area contributed by atoms with Crippen LogP contribution in [0.3, 0.4) is 0 Å². The van der Waals surface area contributed by atoms with Gasteiger partial charge in [-0.3, -0.25) is 4.99 Å². The fraction of sp³-hybridized carbons (Fsp3) is 0.933. The molecule has 0 spiro atoms. The maximum absolute atomic E-state index is 4.22. The molecule has 5 heteroatoms. The van der Waals surface area contributed by atoms with E-state index >= 15 is 0 Å². The van der Waals surface area contributed by atoms with Crippen molar-refractivity contribution in [1.29, 1.82) is 0 Å². The molecular weight excluding hydrogens is 363 g/mol. The van der Waals surface area contributed by atoms with E-state index in [0.717, 1.165) is 24.3 Å². The highest BCUT2D eigenvalue weighted by atomic mass is 127. The van der Waals surface area contributed by atoms with Gasteiger partial charge in [0.05, 0.1) is 0 Å². The van der Waals surface area contributed by atoms with Crippen LogP contribution in [0.15, 0.2) is 4.99 Å². The minimum absolute atomic E-state index is 0. The second-order valence-electron chi connectivity index (χ2n) is 6.36. The molecule has 0 aromatic heterocycles. The summed E-state index contributed by atoms with van der Waals surface area (Å²) in [4.78, 5) is 6.83. The number of hydrogen-bond acceptors (Lipinski definition) is 2. The van der Waals surface area contributed by atoms with E-state index in [1.807, 2.05) is 7.05 Å². The molecule has 120 valence electrons. The molecule has 4 nitrogen and oxygen atoms in total. The van der Waals surface area contributed by atoms with Gasteiger partial charge in [0.2, 0.25) is 0 Å². The van der Waals surface area contributed by atoms with Crippen molar-refractivity contribution in [3.05, 3.63) is 0 Å². The Hall–Kier alpha value is -0.0400. The molecular formula is C15H33IN4.